The van der Waals surface area contributed by atoms with Gasteiger partial charge in [-0.05, 0) is 37.3 Å². The van der Waals surface area contributed by atoms with E-state index in [1.54, 1.807) is 18.4 Å². The molecule has 5 nitrogen and oxygen atoms in total. The number of ether oxygens (including phenoxy) is 1. The van der Waals surface area contributed by atoms with E-state index in [4.69, 9.17) is 4.74 Å². The average molecular weight is 296 g/mol. The molecule has 0 saturated heterocycles. The molecule has 0 fully saturated rings. The SMILES string of the molecule is COCCNC(=O)CNC(=O)c1cc2c(s1)CCCC2. The van der Waals surface area contributed by atoms with Crippen molar-refractivity contribution in [2.75, 3.05) is 26.8 Å². The van der Waals surface area contributed by atoms with Crippen LogP contribution in [0.2, 0.25) is 0 Å². The minimum absolute atomic E-state index is 0.00507. The van der Waals surface area contributed by atoms with Gasteiger partial charge in [0.05, 0.1) is 18.0 Å². The first-order valence-electron chi connectivity index (χ1n) is 6.86. The highest BCUT2D eigenvalue weighted by molar-refractivity contribution is 7.14. The summed E-state index contributed by atoms with van der Waals surface area (Å²) in [5, 5.41) is 5.32. The highest BCUT2D eigenvalue weighted by atomic mass is 32.1. The Kier molecular flexibility index (Phi) is 5.55. The van der Waals surface area contributed by atoms with Crippen LogP contribution in [-0.2, 0) is 22.4 Å². The van der Waals surface area contributed by atoms with E-state index >= 15 is 0 Å². The first kappa shape index (κ1) is 15.0. The van der Waals surface area contributed by atoms with Gasteiger partial charge < -0.3 is 15.4 Å². The van der Waals surface area contributed by atoms with E-state index in [9.17, 15) is 9.59 Å². The second kappa shape index (κ2) is 7.40. The van der Waals surface area contributed by atoms with Crippen LogP contribution in [-0.4, -0.2) is 38.6 Å². The van der Waals surface area contributed by atoms with Gasteiger partial charge in [-0.1, -0.05) is 0 Å². The molecule has 0 aliphatic heterocycles. The zero-order chi connectivity index (χ0) is 14.4. The zero-order valence-corrected chi connectivity index (χ0v) is 12.5. The molecule has 20 heavy (non-hydrogen) atoms. The Balaban J connectivity index is 1.80. The summed E-state index contributed by atoms with van der Waals surface area (Å²) >= 11 is 1.55. The maximum absolute atomic E-state index is 12.0. The quantitative estimate of drug-likeness (QED) is 0.773. The number of amides is 2. The second-order valence-corrected chi connectivity index (χ2v) is 5.93. The first-order chi connectivity index (χ1) is 9.70. The van der Waals surface area contributed by atoms with Crippen molar-refractivity contribution < 1.29 is 14.3 Å². The smallest absolute Gasteiger partial charge is 0.261 e. The molecule has 2 amide bonds. The second-order valence-electron chi connectivity index (χ2n) is 4.79. The maximum atomic E-state index is 12.0. The van der Waals surface area contributed by atoms with Gasteiger partial charge in [-0.2, -0.15) is 0 Å². The lowest BCUT2D eigenvalue weighted by Crippen LogP contribution is -2.37. The number of nitrogens with one attached hydrogen (secondary N) is 2. The van der Waals surface area contributed by atoms with Crippen molar-refractivity contribution in [1.29, 1.82) is 0 Å². The molecule has 2 rings (SSSR count). The zero-order valence-electron chi connectivity index (χ0n) is 11.7. The summed E-state index contributed by atoms with van der Waals surface area (Å²) < 4.78 is 4.83. The average Bonchev–Trinajstić information content (AvgIpc) is 2.89. The van der Waals surface area contributed by atoms with E-state index in [0.29, 0.717) is 18.0 Å². The fourth-order valence-corrected chi connectivity index (χ4v) is 3.38. The van der Waals surface area contributed by atoms with Crippen molar-refractivity contribution in [3.8, 4) is 0 Å². The molecule has 0 aromatic carbocycles. The first-order valence-corrected chi connectivity index (χ1v) is 7.68. The van der Waals surface area contributed by atoms with Gasteiger partial charge in [0.15, 0.2) is 0 Å². The molecule has 1 aliphatic rings. The van der Waals surface area contributed by atoms with Crippen LogP contribution in [0.5, 0.6) is 0 Å². The number of carbonyl (C=O) groups excluding carboxylic acids is 2. The molecule has 1 aromatic rings. The van der Waals surface area contributed by atoms with Crippen molar-refractivity contribution in [3.63, 3.8) is 0 Å². The molecule has 1 heterocycles. The Morgan fingerprint density at radius 3 is 2.85 bits per heavy atom. The Labute approximate surface area is 122 Å². The monoisotopic (exact) mass is 296 g/mol. The van der Waals surface area contributed by atoms with Crippen molar-refractivity contribution in [1.82, 2.24) is 10.6 Å². The molecule has 0 spiro atoms. The standard InChI is InChI=1S/C14H20N2O3S/c1-19-7-6-15-13(17)9-16-14(18)12-8-10-4-2-3-5-11(10)20-12/h8H,2-7,9H2,1H3,(H,15,17)(H,16,18). The minimum Gasteiger partial charge on any atom is -0.383 e. The van der Waals surface area contributed by atoms with Crippen LogP contribution in [0.1, 0.15) is 33.0 Å². The van der Waals surface area contributed by atoms with Gasteiger partial charge in [-0.25, -0.2) is 0 Å². The number of hydrogen-bond acceptors (Lipinski definition) is 4. The van der Waals surface area contributed by atoms with E-state index in [0.717, 1.165) is 12.8 Å². The van der Waals surface area contributed by atoms with Crippen LogP contribution in [0.25, 0.3) is 0 Å². The summed E-state index contributed by atoms with van der Waals surface area (Å²) in [6.07, 6.45) is 4.55. The molecule has 0 radical (unpaired) electrons. The van der Waals surface area contributed by atoms with Crippen LogP contribution in [0.15, 0.2) is 6.07 Å². The third-order valence-electron chi connectivity index (χ3n) is 3.26. The van der Waals surface area contributed by atoms with E-state index in [1.807, 2.05) is 6.07 Å². The van der Waals surface area contributed by atoms with Gasteiger partial charge in [-0.15, -0.1) is 11.3 Å². The molecular formula is C14H20N2O3S. The summed E-state index contributed by atoms with van der Waals surface area (Å²) in [7, 11) is 1.58. The van der Waals surface area contributed by atoms with Crippen LogP contribution in [0.3, 0.4) is 0 Å². The van der Waals surface area contributed by atoms with E-state index < -0.39 is 0 Å². The number of fused-ring (bicyclic) bond motifs is 1. The van der Waals surface area contributed by atoms with Crippen molar-refractivity contribution >= 4 is 23.2 Å². The number of methoxy groups -OCH3 is 1. The molecule has 110 valence electrons. The summed E-state index contributed by atoms with van der Waals surface area (Å²) in [6.45, 7) is 0.931. The fourth-order valence-electron chi connectivity index (χ4n) is 2.21. The molecule has 1 aromatic heterocycles. The predicted molar refractivity (Wildman–Crippen MR) is 78.2 cm³/mol. The van der Waals surface area contributed by atoms with Gasteiger partial charge in [0.2, 0.25) is 5.91 Å². The Morgan fingerprint density at radius 1 is 1.30 bits per heavy atom. The Hall–Kier alpha value is -1.40. The number of thiophene rings is 1. The topological polar surface area (TPSA) is 67.4 Å². The normalized spacial score (nSPS) is 13.7. The van der Waals surface area contributed by atoms with Crippen molar-refractivity contribution in [2.45, 2.75) is 25.7 Å². The van der Waals surface area contributed by atoms with Crippen LogP contribution in [0, 0.1) is 0 Å². The van der Waals surface area contributed by atoms with E-state index in [1.165, 1.54) is 23.3 Å². The third kappa shape index (κ3) is 4.05. The summed E-state index contributed by atoms with van der Waals surface area (Å²) in [4.78, 5) is 25.5. The van der Waals surface area contributed by atoms with Crippen molar-refractivity contribution in [2.24, 2.45) is 0 Å². The van der Waals surface area contributed by atoms with Crippen LogP contribution >= 0.6 is 11.3 Å². The lowest BCUT2D eigenvalue weighted by molar-refractivity contribution is -0.120. The highest BCUT2D eigenvalue weighted by Gasteiger charge is 2.17. The van der Waals surface area contributed by atoms with Gasteiger partial charge in [0, 0.05) is 18.5 Å². The molecular weight excluding hydrogens is 276 g/mol. The molecule has 6 heteroatoms. The lowest BCUT2D eigenvalue weighted by Gasteiger charge is -2.08. The predicted octanol–water partition coefficient (Wildman–Crippen LogP) is 1.12. The largest absolute Gasteiger partial charge is 0.383 e. The number of aryl methyl sites for hydroxylation is 2. The van der Waals surface area contributed by atoms with Crippen molar-refractivity contribution in [3.05, 3.63) is 21.4 Å². The number of carbonyl (C=O) groups is 2. The Bertz CT molecular complexity index is 461. The van der Waals surface area contributed by atoms with Gasteiger partial charge in [0.25, 0.3) is 5.91 Å². The van der Waals surface area contributed by atoms with Gasteiger partial charge in [0.1, 0.15) is 0 Å². The molecule has 0 saturated carbocycles. The summed E-state index contributed by atoms with van der Waals surface area (Å²) in [6, 6.07) is 1.97. The lowest BCUT2D eigenvalue weighted by atomic mass is 9.99. The van der Waals surface area contributed by atoms with Crippen LogP contribution < -0.4 is 10.6 Å². The molecule has 1 aliphatic carbocycles. The summed E-state index contributed by atoms with van der Waals surface area (Å²) in [5.74, 6) is -0.358. The molecule has 0 bridgehead atoms. The van der Waals surface area contributed by atoms with Gasteiger partial charge >= 0.3 is 0 Å². The highest BCUT2D eigenvalue weighted by Crippen LogP contribution is 2.29. The minimum atomic E-state index is -0.197. The fraction of sp³-hybridized carbons (Fsp3) is 0.571. The van der Waals surface area contributed by atoms with Crippen LogP contribution in [0.4, 0.5) is 0 Å². The number of rotatable bonds is 6. The Morgan fingerprint density at radius 2 is 2.10 bits per heavy atom. The third-order valence-corrected chi connectivity index (χ3v) is 4.49. The van der Waals surface area contributed by atoms with Gasteiger partial charge in [-0.3, -0.25) is 9.59 Å². The van der Waals surface area contributed by atoms with E-state index in [2.05, 4.69) is 10.6 Å². The summed E-state index contributed by atoms with van der Waals surface area (Å²) in [5.41, 5.74) is 1.30. The van der Waals surface area contributed by atoms with E-state index in [-0.39, 0.29) is 18.4 Å². The molecule has 0 atom stereocenters. The molecule has 0 unspecified atom stereocenters. The molecule has 2 N–H and O–H groups in total. The maximum Gasteiger partial charge on any atom is 0.261 e. The number of hydrogen-bond donors (Lipinski definition) is 2.